The maximum Gasteiger partial charge on any atom is 0.293 e. The summed E-state index contributed by atoms with van der Waals surface area (Å²) < 4.78 is 5.20. The molecule has 3 heteroatoms. The van der Waals surface area contributed by atoms with Gasteiger partial charge < -0.3 is 9.32 Å². The third kappa shape index (κ3) is 1.55. The highest BCUT2D eigenvalue weighted by Crippen LogP contribution is 2.40. The molecule has 1 aliphatic heterocycles. The van der Waals surface area contributed by atoms with Crippen LogP contribution in [-0.4, -0.2) is 12.5 Å². The van der Waals surface area contributed by atoms with Crippen LogP contribution >= 0.6 is 0 Å². The number of para-hydroxylation sites is 1. The number of furan rings is 1. The first-order valence-corrected chi connectivity index (χ1v) is 6.04. The molecule has 0 spiro atoms. The Labute approximate surface area is 106 Å². The summed E-state index contributed by atoms with van der Waals surface area (Å²) in [4.78, 5) is 14.2. The highest BCUT2D eigenvalue weighted by Gasteiger charge is 2.38. The molecule has 0 atom stereocenters. The van der Waals surface area contributed by atoms with E-state index in [4.69, 9.17) is 4.42 Å². The molecule has 0 aliphatic carbocycles. The lowest BCUT2D eigenvalue weighted by Gasteiger charge is -2.19. The SMILES string of the molecule is CC1(C)CN(C(=O)c2ccco2)c2ccccc21. The number of benzene rings is 1. The van der Waals surface area contributed by atoms with Crippen molar-refractivity contribution in [1.82, 2.24) is 0 Å². The predicted octanol–water partition coefficient (Wildman–Crippen LogP) is 3.22. The van der Waals surface area contributed by atoms with Crippen LogP contribution in [0.15, 0.2) is 47.1 Å². The number of carbonyl (C=O) groups excluding carboxylic acids is 1. The van der Waals surface area contributed by atoms with Gasteiger partial charge in [0.25, 0.3) is 5.91 Å². The Balaban J connectivity index is 2.04. The van der Waals surface area contributed by atoms with Gasteiger partial charge in [0.15, 0.2) is 5.76 Å². The van der Waals surface area contributed by atoms with Gasteiger partial charge in [-0.05, 0) is 23.8 Å². The van der Waals surface area contributed by atoms with Crippen molar-refractivity contribution in [3.63, 3.8) is 0 Å². The number of amides is 1. The van der Waals surface area contributed by atoms with Crippen molar-refractivity contribution in [2.75, 3.05) is 11.4 Å². The zero-order chi connectivity index (χ0) is 12.8. The quantitative estimate of drug-likeness (QED) is 0.768. The van der Waals surface area contributed by atoms with E-state index in [-0.39, 0.29) is 11.3 Å². The molecule has 1 aliphatic rings. The minimum absolute atomic E-state index is 0.0150. The Morgan fingerprint density at radius 3 is 2.72 bits per heavy atom. The number of rotatable bonds is 1. The van der Waals surface area contributed by atoms with Gasteiger partial charge in [-0.3, -0.25) is 4.79 Å². The van der Waals surface area contributed by atoms with Crippen molar-refractivity contribution in [2.24, 2.45) is 0 Å². The maximum absolute atomic E-state index is 12.4. The zero-order valence-corrected chi connectivity index (χ0v) is 10.5. The molecule has 2 heterocycles. The first kappa shape index (κ1) is 11.1. The van der Waals surface area contributed by atoms with E-state index in [2.05, 4.69) is 19.9 Å². The van der Waals surface area contributed by atoms with Crippen molar-refractivity contribution in [1.29, 1.82) is 0 Å². The van der Waals surface area contributed by atoms with Crippen molar-refractivity contribution >= 4 is 11.6 Å². The minimum Gasteiger partial charge on any atom is -0.459 e. The smallest absolute Gasteiger partial charge is 0.293 e. The summed E-state index contributed by atoms with van der Waals surface area (Å²) in [7, 11) is 0. The van der Waals surface area contributed by atoms with E-state index < -0.39 is 0 Å². The third-order valence-electron chi connectivity index (χ3n) is 3.45. The number of carbonyl (C=O) groups is 1. The second-order valence-electron chi connectivity index (χ2n) is 5.27. The van der Waals surface area contributed by atoms with Crippen LogP contribution in [0.5, 0.6) is 0 Å². The van der Waals surface area contributed by atoms with Crippen LogP contribution in [0, 0.1) is 0 Å². The van der Waals surface area contributed by atoms with Gasteiger partial charge in [0.2, 0.25) is 0 Å². The van der Waals surface area contributed by atoms with E-state index in [0.717, 1.165) is 5.69 Å². The van der Waals surface area contributed by atoms with Crippen LogP contribution in [0.4, 0.5) is 5.69 Å². The zero-order valence-electron chi connectivity index (χ0n) is 10.5. The third-order valence-corrected chi connectivity index (χ3v) is 3.45. The van der Waals surface area contributed by atoms with Crippen LogP contribution in [-0.2, 0) is 5.41 Å². The van der Waals surface area contributed by atoms with Gasteiger partial charge in [-0.15, -0.1) is 0 Å². The molecule has 3 nitrogen and oxygen atoms in total. The monoisotopic (exact) mass is 241 g/mol. The van der Waals surface area contributed by atoms with Crippen LogP contribution < -0.4 is 4.90 Å². The Kier molecular flexibility index (Phi) is 2.30. The average Bonchev–Trinajstić information content (AvgIpc) is 2.96. The highest BCUT2D eigenvalue weighted by molar-refractivity contribution is 6.05. The van der Waals surface area contributed by atoms with Gasteiger partial charge in [-0.2, -0.15) is 0 Å². The summed E-state index contributed by atoms with van der Waals surface area (Å²) in [6.07, 6.45) is 1.53. The lowest BCUT2D eigenvalue weighted by molar-refractivity contribution is 0.0959. The summed E-state index contributed by atoms with van der Waals surface area (Å²) in [5.41, 5.74) is 2.19. The van der Waals surface area contributed by atoms with Crippen molar-refractivity contribution in [3.05, 3.63) is 54.0 Å². The van der Waals surface area contributed by atoms with Crippen LogP contribution in [0.25, 0.3) is 0 Å². The van der Waals surface area contributed by atoms with E-state index in [1.54, 1.807) is 17.0 Å². The molecule has 0 saturated carbocycles. The topological polar surface area (TPSA) is 33.5 Å². The van der Waals surface area contributed by atoms with Crippen molar-refractivity contribution in [3.8, 4) is 0 Å². The van der Waals surface area contributed by atoms with E-state index >= 15 is 0 Å². The van der Waals surface area contributed by atoms with E-state index in [1.165, 1.54) is 11.8 Å². The molecule has 0 bridgehead atoms. The minimum atomic E-state index is -0.0713. The molecule has 92 valence electrons. The molecule has 2 aromatic rings. The predicted molar refractivity (Wildman–Crippen MR) is 69.9 cm³/mol. The Morgan fingerprint density at radius 1 is 1.22 bits per heavy atom. The molecular weight excluding hydrogens is 226 g/mol. The second-order valence-corrected chi connectivity index (χ2v) is 5.27. The van der Waals surface area contributed by atoms with Crippen molar-refractivity contribution < 1.29 is 9.21 Å². The molecule has 0 radical (unpaired) electrons. The molecule has 0 saturated heterocycles. The summed E-state index contributed by atoms with van der Waals surface area (Å²) >= 11 is 0. The molecule has 0 fully saturated rings. The van der Waals surface area contributed by atoms with Crippen LogP contribution in [0.1, 0.15) is 30.0 Å². The normalized spacial score (nSPS) is 16.7. The molecule has 1 aromatic carbocycles. The summed E-state index contributed by atoms with van der Waals surface area (Å²) in [5, 5.41) is 0. The van der Waals surface area contributed by atoms with Gasteiger partial charge in [0.05, 0.1) is 6.26 Å². The molecule has 1 aromatic heterocycles. The van der Waals surface area contributed by atoms with E-state index in [0.29, 0.717) is 12.3 Å². The molecule has 0 N–H and O–H groups in total. The fourth-order valence-corrected chi connectivity index (χ4v) is 2.56. The standard InChI is InChI=1S/C15H15NO2/c1-15(2)10-16(12-7-4-3-6-11(12)15)14(17)13-8-5-9-18-13/h3-9H,10H2,1-2H3. The fraction of sp³-hybridized carbons (Fsp3) is 0.267. The fourth-order valence-electron chi connectivity index (χ4n) is 2.56. The molecule has 3 rings (SSSR count). The summed E-state index contributed by atoms with van der Waals surface area (Å²) in [6, 6.07) is 11.5. The molecule has 1 amide bonds. The average molecular weight is 241 g/mol. The van der Waals surface area contributed by atoms with E-state index in [1.807, 2.05) is 18.2 Å². The number of hydrogen-bond donors (Lipinski definition) is 0. The first-order valence-electron chi connectivity index (χ1n) is 6.04. The van der Waals surface area contributed by atoms with Gasteiger partial charge in [0.1, 0.15) is 0 Å². The molecular formula is C15H15NO2. The van der Waals surface area contributed by atoms with Crippen LogP contribution in [0.2, 0.25) is 0 Å². The van der Waals surface area contributed by atoms with Gasteiger partial charge >= 0.3 is 0 Å². The Morgan fingerprint density at radius 2 is 2.00 bits per heavy atom. The maximum atomic E-state index is 12.4. The van der Waals surface area contributed by atoms with Gasteiger partial charge in [-0.1, -0.05) is 32.0 Å². The first-order chi connectivity index (χ1) is 8.59. The number of nitrogens with zero attached hydrogens (tertiary/aromatic N) is 1. The van der Waals surface area contributed by atoms with Gasteiger partial charge in [0, 0.05) is 17.6 Å². The lowest BCUT2D eigenvalue weighted by atomic mass is 9.87. The van der Waals surface area contributed by atoms with Crippen LogP contribution in [0.3, 0.4) is 0 Å². The van der Waals surface area contributed by atoms with Crippen molar-refractivity contribution in [2.45, 2.75) is 19.3 Å². The largest absolute Gasteiger partial charge is 0.459 e. The van der Waals surface area contributed by atoms with Gasteiger partial charge in [-0.25, -0.2) is 0 Å². The lowest BCUT2D eigenvalue weighted by Crippen LogP contribution is -2.33. The summed E-state index contributed by atoms with van der Waals surface area (Å²) in [5.74, 6) is 0.320. The second kappa shape index (κ2) is 3.73. The molecule has 0 unspecified atom stereocenters. The van der Waals surface area contributed by atoms with E-state index in [9.17, 15) is 4.79 Å². The number of hydrogen-bond acceptors (Lipinski definition) is 2. The molecule has 18 heavy (non-hydrogen) atoms. The number of fused-ring (bicyclic) bond motifs is 1. The summed E-state index contributed by atoms with van der Waals surface area (Å²) in [6.45, 7) is 4.99. The Hall–Kier alpha value is -2.03. The Bertz CT molecular complexity index is 584. The number of anilines is 1. The highest BCUT2D eigenvalue weighted by atomic mass is 16.3.